The Labute approximate surface area is 110 Å². The number of hydrogen-bond donors (Lipinski definition) is 2. The van der Waals surface area contributed by atoms with E-state index in [-0.39, 0.29) is 11.0 Å². The lowest BCUT2D eigenvalue weighted by Crippen LogP contribution is -2.30. The highest BCUT2D eigenvalue weighted by atomic mass is 79.9. The lowest BCUT2D eigenvalue weighted by molar-refractivity contribution is -0.384. The molecule has 1 rings (SSSR count). The number of rotatable bonds is 4. The summed E-state index contributed by atoms with van der Waals surface area (Å²) in [6.07, 6.45) is 0. The molecule has 100 valence electrons. The summed E-state index contributed by atoms with van der Waals surface area (Å²) < 4.78 is 26.6. The Morgan fingerprint density at radius 3 is 2.50 bits per heavy atom. The van der Waals surface area contributed by atoms with E-state index in [2.05, 4.69) is 21.2 Å². The molecule has 0 amide bonds. The van der Waals surface area contributed by atoms with Gasteiger partial charge in [-0.05, 0) is 29.8 Å². The fourth-order valence-electron chi connectivity index (χ4n) is 1.20. The smallest absolute Gasteiger partial charge is 0.296 e. The third-order valence-electron chi connectivity index (χ3n) is 2.04. The van der Waals surface area contributed by atoms with Gasteiger partial charge in [-0.3, -0.25) is 10.1 Å². The van der Waals surface area contributed by atoms with Crippen LogP contribution in [-0.2, 0) is 0 Å². The number of nitro benzene ring substituents is 1. The molecule has 2 N–H and O–H groups in total. The normalized spacial score (nSPS) is 11.4. The van der Waals surface area contributed by atoms with Crippen molar-refractivity contribution in [3.8, 4) is 0 Å². The van der Waals surface area contributed by atoms with E-state index in [4.69, 9.17) is 0 Å². The molecule has 0 aliphatic rings. The van der Waals surface area contributed by atoms with E-state index in [1.165, 1.54) is 13.8 Å². The van der Waals surface area contributed by atoms with Crippen molar-refractivity contribution >= 4 is 27.3 Å². The van der Waals surface area contributed by atoms with Gasteiger partial charge in [0.1, 0.15) is 0 Å². The fourth-order valence-corrected chi connectivity index (χ4v) is 1.59. The molecule has 0 saturated heterocycles. The Morgan fingerprint density at radius 2 is 2.06 bits per heavy atom. The molecule has 0 heterocycles. The molecule has 0 radical (unpaired) electrons. The van der Waals surface area contributed by atoms with Gasteiger partial charge in [0.15, 0.2) is 17.3 Å². The molecule has 0 bridgehead atoms. The summed E-state index contributed by atoms with van der Waals surface area (Å²) in [5, 5.41) is 22.6. The lowest BCUT2D eigenvalue weighted by Gasteiger charge is -2.19. The van der Waals surface area contributed by atoms with Gasteiger partial charge < -0.3 is 10.4 Å². The Balaban J connectivity index is 3.23. The van der Waals surface area contributed by atoms with E-state index >= 15 is 0 Å². The third kappa shape index (κ3) is 3.36. The van der Waals surface area contributed by atoms with Crippen molar-refractivity contribution in [2.24, 2.45) is 0 Å². The van der Waals surface area contributed by atoms with Crippen molar-refractivity contribution in [2.45, 2.75) is 19.4 Å². The molecule has 1 aromatic carbocycles. The minimum atomic E-state index is -1.36. The first-order valence-corrected chi connectivity index (χ1v) is 5.71. The van der Waals surface area contributed by atoms with Crippen LogP contribution < -0.4 is 5.32 Å². The van der Waals surface area contributed by atoms with Crippen LogP contribution in [0.5, 0.6) is 0 Å². The van der Waals surface area contributed by atoms with Crippen LogP contribution in [0.4, 0.5) is 20.2 Å². The summed E-state index contributed by atoms with van der Waals surface area (Å²) in [6, 6.07) is 0.866. The van der Waals surface area contributed by atoms with E-state index in [9.17, 15) is 24.0 Å². The summed E-state index contributed by atoms with van der Waals surface area (Å²) in [6.45, 7) is 2.70. The average molecular weight is 325 g/mol. The third-order valence-corrected chi connectivity index (χ3v) is 2.61. The number of aliphatic hydroxyl groups is 1. The molecule has 0 unspecified atom stereocenters. The van der Waals surface area contributed by atoms with Crippen LogP contribution in [0.3, 0.4) is 0 Å². The molecular formula is C10H11BrF2N2O3. The molecule has 0 aliphatic heterocycles. The van der Waals surface area contributed by atoms with Gasteiger partial charge in [0.2, 0.25) is 0 Å². The average Bonchev–Trinajstić information content (AvgIpc) is 2.22. The topological polar surface area (TPSA) is 75.4 Å². The maximum Gasteiger partial charge on any atom is 0.296 e. The Hall–Kier alpha value is -1.28. The first-order valence-electron chi connectivity index (χ1n) is 4.91. The maximum absolute atomic E-state index is 13.6. The summed E-state index contributed by atoms with van der Waals surface area (Å²) in [5.41, 5.74) is -2.41. The summed E-state index contributed by atoms with van der Waals surface area (Å²) in [4.78, 5) is 9.92. The number of hydrogen-bond acceptors (Lipinski definition) is 4. The molecular weight excluding hydrogens is 314 g/mol. The second kappa shape index (κ2) is 5.15. The van der Waals surface area contributed by atoms with Gasteiger partial charge in [-0.25, -0.2) is 8.78 Å². The minimum Gasteiger partial charge on any atom is -0.389 e. The number of nitrogens with zero attached hydrogens (tertiary/aromatic N) is 1. The Bertz CT molecular complexity index is 489. The highest BCUT2D eigenvalue weighted by molar-refractivity contribution is 9.10. The van der Waals surface area contributed by atoms with Gasteiger partial charge in [0.05, 0.1) is 15.0 Å². The second-order valence-electron chi connectivity index (χ2n) is 4.30. The monoisotopic (exact) mass is 324 g/mol. The lowest BCUT2D eigenvalue weighted by atomic mass is 10.1. The maximum atomic E-state index is 13.6. The quantitative estimate of drug-likeness (QED) is 0.507. The number of anilines is 1. The molecule has 0 spiro atoms. The Morgan fingerprint density at radius 1 is 1.50 bits per heavy atom. The van der Waals surface area contributed by atoms with Crippen LogP contribution in [0, 0.1) is 21.7 Å². The first-order chi connectivity index (χ1) is 8.13. The van der Waals surface area contributed by atoms with Crippen LogP contribution in [0.15, 0.2) is 10.5 Å². The van der Waals surface area contributed by atoms with Crippen LogP contribution in [0.1, 0.15) is 13.8 Å². The summed E-state index contributed by atoms with van der Waals surface area (Å²) >= 11 is 2.69. The molecule has 0 fully saturated rings. The van der Waals surface area contributed by atoms with Crippen LogP contribution in [0.25, 0.3) is 0 Å². The van der Waals surface area contributed by atoms with E-state index in [0.717, 1.165) is 6.07 Å². The van der Waals surface area contributed by atoms with Gasteiger partial charge in [0.25, 0.3) is 5.69 Å². The molecule has 0 aliphatic carbocycles. The first kappa shape index (κ1) is 14.8. The van der Waals surface area contributed by atoms with Crippen molar-refractivity contribution in [1.29, 1.82) is 0 Å². The van der Waals surface area contributed by atoms with Gasteiger partial charge >= 0.3 is 0 Å². The Kier molecular flexibility index (Phi) is 4.23. The number of benzene rings is 1. The van der Waals surface area contributed by atoms with Crippen molar-refractivity contribution in [1.82, 2.24) is 0 Å². The van der Waals surface area contributed by atoms with Gasteiger partial charge in [-0.1, -0.05) is 0 Å². The highest BCUT2D eigenvalue weighted by Crippen LogP contribution is 2.34. The zero-order valence-corrected chi connectivity index (χ0v) is 11.2. The summed E-state index contributed by atoms with van der Waals surface area (Å²) in [7, 11) is 0. The SMILES string of the molecule is CC(C)(O)CNc1c([N+](=O)[O-])cc(Br)c(F)c1F. The highest BCUT2D eigenvalue weighted by Gasteiger charge is 2.26. The van der Waals surface area contributed by atoms with E-state index in [1.807, 2.05) is 0 Å². The fraction of sp³-hybridized carbons (Fsp3) is 0.400. The molecule has 1 aromatic rings. The van der Waals surface area contributed by atoms with Crippen molar-refractivity contribution in [2.75, 3.05) is 11.9 Å². The molecule has 0 atom stereocenters. The van der Waals surface area contributed by atoms with Crippen molar-refractivity contribution in [3.05, 3.63) is 32.3 Å². The predicted octanol–water partition coefficient (Wildman–Crippen LogP) is 2.82. The molecule has 0 saturated carbocycles. The van der Waals surface area contributed by atoms with Crippen LogP contribution >= 0.6 is 15.9 Å². The zero-order valence-electron chi connectivity index (χ0n) is 9.63. The van der Waals surface area contributed by atoms with E-state index in [1.54, 1.807) is 0 Å². The van der Waals surface area contributed by atoms with Gasteiger partial charge in [-0.2, -0.15) is 0 Å². The molecule has 5 nitrogen and oxygen atoms in total. The molecule has 18 heavy (non-hydrogen) atoms. The van der Waals surface area contributed by atoms with Gasteiger partial charge in [0, 0.05) is 12.6 Å². The molecule has 8 heteroatoms. The second-order valence-corrected chi connectivity index (χ2v) is 5.16. The van der Waals surface area contributed by atoms with Crippen molar-refractivity contribution in [3.63, 3.8) is 0 Å². The number of halogens is 3. The number of nitrogens with one attached hydrogen (secondary N) is 1. The van der Waals surface area contributed by atoms with Crippen molar-refractivity contribution < 1.29 is 18.8 Å². The van der Waals surface area contributed by atoms with E-state index < -0.39 is 33.5 Å². The minimum absolute atomic E-state index is 0.161. The van der Waals surface area contributed by atoms with Crippen LogP contribution in [0.2, 0.25) is 0 Å². The zero-order chi connectivity index (χ0) is 14.1. The standard InChI is InChI=1S/C10H11BrF2N2O3/c1-10(2,16)4-14-9-6(15(17)18)3-5(11)7(12)8(9)13/h3,14,16H,4H2,1-2H3. The number of nitro groups is 1. The predicted molar refractivity (Wildman–Crippen MR) is 65.5 cm³/mol. The van der Waals surface area contributed by atoms with E-state index in [0.29, 0.717) is 0 Å². The van der Waals surface area contributed by atoms with Crippen LogP contribution in [-0.4, -0.2) is 22.2 Å². The summed E-state index contributed by atoms with van der Waals surface area (Å²) in [5.74, 6) is -2.58. The largest absolute Gasteiger partial charge is 0.389 e. The van der Waals surface area contributed by atoms with Gasteiger partial charge in [-0.15, -0.1) is 0 Å². The molecule has 0 aromatic heterocycles.